The van der Waals surface area contributed by atoms with Crippen molar-refractivity contribution in [2.45, 2.75) is 24.2 Å². The Balaban J connectivity index is 2.04. The van der Waals surface area contributed by atoms with Gasteiger partial charge in [-0.25, -0.2) is 18.5 Å². The minimum atomic E-state index is -3.70. The number of pyridine rings is 1. The molecule has 7 heteroatoms. The maximum absolute atomic E-state index is 13.2. The molecule has 4 nitrogen and oxygen atoms in total. The van der Waals surface area contributed by atoms with Gasteiger partial charge in [0.15, 0.2) is 0 Å². The summed E-state index contributed by atoms with van der Waals surface area (Å²) in [5, 5.41) is 5.10. The highest BCUT2D eigenvalue weighted by Gasteiger charge is 2.19. The SMILES string of the molecule is NS(=O)(=O)c1ccc(C2=C(c3cnc(F)c(Cl)c3)CCC2)cc1. The fraction of sp³-hybridized carbons (Fsp3) is 0.188. The van der Waals surface area contributed by atoms with E-state index in [0.717, 1.165) is 41.5 Å². The highest BCUT2D eigenvalue weighted by molar-refractivity contribution is 7.89. The second kappa shape index (κ2) is 6.03. The van der Waals surface area contributed by atoms with E-state index >= 15 is 0 Å². The number of benzene rings is 1. The number of rotatable bonds is 3. The van der Waals surface area contributed by atoms with Gasteiger partial charge in [-0.1, -0.05) is 23.7 Å². The van der Waals surface area contributed by atoms with Crippen LogP contribution in [0.5, 0.6) is 0 Å². The molecule has 1 heterocycles. The third kappa shape index (κ3) is 3.29. The predicted octanol–water partition coefficient (Wildman–Crippen LogP) is 3.62. The number of allylic oxidation sites excluding steroid dienone is 2. The molecule has 0 radical (unpaired) electrons. The molecule has 0 amide bonds. The molecule has 2 aromatic rings. The smallest absolute Gasteiger partial charge is 0.226 e. The van der Waals surface area contributed by atoms with Gasteiger partial charge in [0.1, 0.15) is 0 Å². The van der Waals surface area contributed by atoms with Crippen LogP contribution in [-0.4, -0.2) is 13.4 Å². The van der Waals surface area contributed by atoms with Crippen LogP contribution < -0.4 is 5.14 Å². The lowest BCUT2D eigenvalue weighted by atomic mass is 9.98. The maximum atomic E-state index is 13.2. The largest absolute Gasteiger partial charge is 0.238 e. The molecule has 1 aromatic carbocycles. The van der Waals surface area contributed by atoms with E-state index in [2.05, 4.69) is 4.98 Å². The minimum Gasteiger partial charge on any atom is -0.226 e. The fourth-order valence-electron chi connectivity index (χ4n) is 2.81. The summed E-state index contributed by atoms with van der Waals surface area (Å²) in [7, 11) is -3.70. The van der Waals surface area contributed by atoms with Crippen molar-refractivity contribution < 1.29 is 12.8 Å². The molecule has 0 saturated carbocycles. The van der Waals surface area contributed by atoms with E-state index in [1.54, 1.807) is 18.2 Å². The molecule has 0 atom stereocenters. The van der Waals surface area contributed by atoms with Gasteiger partial charge in [-0.2, -0.15) is 4.39 Å². The molecule has 3 rings (SSSR count). The number of aromatic nitrogens is 1. The van der Waals surface area contributed by atoms with Crippen LogP contribution in [0.2, 0.25) is 5.02 Å². The van der Waals surface area contributed by atoms with E-state index in [1.807, 2.05) is 0 Å². The summed E-state index contributed by atoms with van der Waals surface area (Å²) in [6.45, 7) is 0. The number of nitrogens with zero attached hydrogens (tertiary/aromatic N) is 1. The van der Waals surface area contributed by atoms with E-state index in [-0.39, 0.29) is 9.92 Å². The second-order valence-electron chi connectivity index (χ2n) is 5.38. The van der Waals surface area contributed by atoms with Crippen molar-refractivity contribution in [1.82, 2.24) is 4.98 Å². The third-order valence-electron chi connectivity index (χ3n) is 3.89. The average Bonchev–Trinajstić information content (AvgIpc) is 2.99. The van der Waals surface area contributed by atoms with Crippen LogP contribution in [0.25, 0.3) is 11.1 Å². The Bertz CT molecular complexity index is 893. The van der Waals surface area contributed by atoms with Crippen LogP contribution in [0.15, 0.2) is 41.4 Å². The van der Waals surface area contributed by atoms with Gasteiger partial charge in [-0.3, -0.25) is 0 Å². The van der Waals surface area contributed by atoms with Gasteiger partial charge in [0.25, 0.3) is 0 Å². The Kier molecular flexibility index (Phi) is 4.23. The molecule has 0 spiro atoms. The van der Waals surface area contributed by atoms with E-state index in [0.29, 0.717) is 0 Å². The van der Waals surface area contributed by atoms with Crippen molar-refractivity contribution in [2.75, 3.05) is 0 Å². The van der Waals surface area contributed by atoms with E-state index < -0.39 is 16.0 Å². The summed E-state index contributed by atoms with van der Waals surface area (Å²) in [6.07, 6.45) is 4.14. The molecule has 120 valence electrons. The molecule has 23 heavy (non-hydrogen) atoms. The fourth-order valence-corrected chi connectivity index (χ4v) is 3.49. The van der Waals surface area contributed by atoms with Gasteiger partial charge in [0.2, 0.25) is 16.0 Å². The van der Waals surface area contributed by atoms with Crippen LogP contribution in [0, 0.1) is 5.95 Å². The highest BCUT2D eigenvalue weighted by Crippen LogP contribution is 2.40. The molecular formula is C16H14ClFN2O2S. The lowest BCUT2D eigenvalue weighted by molar-refractivity contribution is 0.584. The zero-order chi connectivity index (χ0) is 16.6. The molecule has 2 N–H and O–H groups in total. The van der Waals surface area contributed by atoms with Crippen molar-refractivity contribution in [3.8, 4) is 0 Å². The highest BCUT2D eigenvalue weighted by atomic mass is 35.5. The summed E-state index contributed by atoms with van der Waals surface area (Å²) in [4.78, 5) is 3.75. The molecule has 1 aliphatic rings. The lowest BCUT2D eigenvalue weighted by Crippen LogP contribution is -2.11. The summed E-state index contributed by atoms with van der Waals surface area (Å²) >= 11 is 5.82. The van der Waals surface area contributed by atoms with Crippen LogP contribution in [0.3, 0.4) is 0 Å². The first-order chi connectivity index (χ1) is 10.9. The topological polar surface area (TPSA) is 73.1 Å². The van der Waals surface area contributed by atoms with Crippen molar-refractivity contribution >= 4 is 32.8 Å². The van der Waals surface area contributed by atoms with Crippen LogP contribution in [0.1, 0.15) is 30.4 Å². The lowest BCUT2D eigenvalue weighted by Gasteiger charge is -2.09. The van der Waals surface area contributed by atoms with Gasteiger partial charge in [-0.15, -0.1) is 0 Å². The number of hydrogen-bond donors (Lipinski definition) is 1. The quantitative estimate of drug-likeness (QED) is 0.857. The minimum absolute atomic E-state index is 0.00850. The normalized spacial score (nSPS) is 15.3. The molecule has 0 unspecified atom stereocenters. The van der Waals surface area contributed by atoms with Crippen molar-refractivity contribution in [2.24, 2.45) is 5.14 Å². The Labute approximate surface area is 138 Å². The Morgan fingerprint density at radius 3 is 2.26 bits per heavy atom. The number of primary sulfonamides is 1. The standard InChI is InChI=1S/C16H14ClFN2O2S/c17-15-8-11(9-20-16(15)18)14-3-1-2-13(14)10-4-6-12(7-5-10)23(19,21)22/h4-9H,1-3H2,(H2,19,21,22). The van der Waals surface area contributed by atoms with Gasteiger partial charge in [0, 0.05) is 6.20 Å². The molecular weight excluding hydrogens is 339 g/mol. The first-order valence-electron chi connectivity index (χ1n) is 7.03. The maximum Gasteiger partial charge on any atom is 0.238 e. The van der Waals surface area contributed by atoms with Crippen LogP contribution >= 0.6 is 11.6 Å². The number of sulfonamides is 1. The first kappa shape index (κ1) is 16.1. The van der Waals surface area contributed by atoms with E-state index in [4.69, 9.17) is 16.7 Å². The van der Waals surface area contributed by atoms with E-state index in [1.165, 1.54) is 18.3 Å². The van der Waals surface area contributed by atoms with Crippen molar-refractivity contribution in [3.63, 3.8) is 0 Å². The molecule has 0 bridgehead atoms. The number of halogens is 2. The molecule has 1 aromatic heterocycles. The molecule has 0 saturated heterocycles. The zero-order valence-corrected chi connectivity index (χ0v) is 13.7. The Morgan fingerprint density at radius 2 is 1.70 bits per heavy atom. The van der Waals surface area contributed by atoms with Crippen LogP contribution in [0.4, 0.5) is 4.39 Å². The second-order valence-corrected chi connectivity index (χ2v) is 7.35. The summed E-state index contributed by atoms with van der Waals surface area (Å²) in [5.41, 5.74) is 3.86. The number of nitrogens with two attached hydrogens (primary N) is 1. The summed E-state index contributed by atoms with van der Waals surface area (Å²) < 4.78 is 35.9. The predicted molar refractivity (Wildman–Crippen MR) is 87.7 cm³/mol. The average molecular weight is 353 g/mol. The Morgan fingerprint density at radius 1 is 1.09 bits per heavy atom. The van der Waals surface area contributed by atoms with Gasteiger partial charge >= 0.3 is 0 Å². The summed E-state index contributed by atoms with van der Waals surface area (Å²) in [6, 6.07) is 8.02. The molecule has 0 aliphatic heterocycles. The van der Waals surface area contributed by atoms with Gasteiger partial charge < -0.3 is 0 Å². The van der Waals surface area contributed by atoms with Crippen molar-refractivity contribution in [1.29, 1.82) is 0 Å². The Hall–Kier alpha value is -1.76. The van der Waals surface area contributed by atoms with Crippen molar-refractivity contribution in [3.05, 3.63) is 58.6 Å². The van der Waals surface area contributed by atoms with Crippen LogP contribution in [-0.2, 0) is 10.0 Å². The monoisotopic (exact) mass is 352 g/mol. The number of hydrogen-bond acceptors (Lipinski definition) is 3. The van der Waals surface area contributed by atoms with Gasteiger partial charge in [0.05, 0.1) is 9.92 Å². The third-order valence-corrected chi connectivity index (χ3v) is 5.09. The first-order valence-corrected chi connectivity index (χ1v) is 8.95. The zero-order valence-electron chi connectivity index (χ0n) is 12.1. The molecule has 1 aliphatic carbocycles. The van der Waals surface area contributed by atoms with E-state index in [9.17, 15) is 12.8 Å². The molecule has 0 fully saturated rings. The van der Waals surface area contributed by atoms with Gasteiger partial charge in [-0.05, 0) is 59.7 Å². The summed E-state index contributed by atoms with van der Waals surface area (Å²) in [5.74, 6) is -0.687.